The predicted molar refractivity (Wildman–Crippen MR) is 103 cm³/mol. The molecule has 2 N–H and O–H groups in total. The van der Waals surface area contributed by atoms with Gasteiger partial charge < -0.3 is 15.0 Å². The summed E-state index contributed by atoms with van der Waals surface area (Å²) < 4.78 is 18.8. The van der Waals surface area contributed by atoms with Gasteiger partial charge in [0, 0.05) is 12.1 Å². The Morgan fingerprint density at radius 2 is 2.11 bits per heavy atom. The summed E-state index contributed by atoms with van der Waals surface area (Å²) in [5.74, 6) is 0.369. The van der Waals surface area contributed by atoms with Crippen molar-refractivity contribution < 1.29 is 13.9 Å². The van der Waals surface area contributed by atoms with E-state index in [2.05, 4.69) is 15.3 Å². The molecule has 1 amide bonds. The number of carbonyl (C=O) groups is 1. The number of hydrogen-bond donors (Lipinski definition) is 2. The monoisotopic (exact) mass is 385 g/mol. The van der Waals surface area contributed by atoms with E-state index < -0.39 is 5.25 Å². The van der Waals surface area contributed by atoms with Crippen molar-refractivity contribution in [1.82, 2.24) is 15.3 Å². The normalized spacial score (nSPS) is 14.9. The van der Waals surface area contributed by atoms with E-state index in [1.807, 2.05) is 25.1 Å². The zero-order valence-electron chi connectivity index (χ0n) is 14.9. The van der Waals surface area contributed by atoms with E-state index in [1.54, 1.807) is 12.1 Å². The summed E-state index contributed by atoms with van der Waals surface area (Å²) in [6, 6.07) is 12.0. The zero-order valence-corrected chi connectivity index (χ0v) is 15.7. The van der Waals surface area contributed by atoms with E-state index in [4.69, 9.17) is 4.74 Å². The van der Waals surface area contributed by atoms with Gasteiger partial charge in [-0.15, -0.1) is 0 Å². The van der Waals surface area contributed by atoms with Crippen LogP contribution in [0.4, 0.5) is 4.39 Å². The molecule has 1 atom stereocenters. The average molecular weight is 385 g/mol. The topological polar surface area (TPSA) is 67.0 Å². The van der Waals surface area contributed by atoms with Gasteiger partial charge in [-0.2, -0.15) is 0 Å². The minimum absolute atomic E-state index is 0.0791. The lowest BCUT2D eigenvalue weighted by atomic mass is 10.1. The van der Waals surface area contributed by atoms with Crippen LogP contribution in [-0.4, -0.2) is 28.5 Å². The number of amides is 1. The molecule has 1 saturated carbocycles. The molecule has 0 aliphatic heterocycles. The Kier molecular flexibility index (Phi) is 5.03. The van der Waals surface area contributed by atoms with Crippen molar-refractivity contribution in [2.75, 3.05) is 6.61 Å². The number of aromatic amines is 1. The van der Waals surface area contributed by atoms with Crippen molar-refractivity contribution in [2.24, 2.45) is 0 Å². The second-order valence-corrected chi connectivity index (χ2v) is 7.58. The maximum Gasteiger partial charge on any atom is 0.238 e. The van der Waals surface area contributed by atoms with Crippen LogP contribution in [0.5, 0.6) is 5.75 Å². The molecule has 5 nitrogen and oxygen atoms in total. The van der Waals surface area contributed by atoms with E-state index in [0.29, 0.717) is 11.8 Å². The summed E-state index contributed by atoms with van der Waals surface area (Å²) in [5, 5.41) is 3.17. The molecule has 2 aromatic carbocycles. The van der Waals surface area contributed by atoms with Crippen molar-refractivity contribution in [1.29, 1.82) is 0 Å². The van der Waals surface area contributed by atoms with Gasteiger partial charge in [0.05, 0.1) is 17.6 Å². The van der Waals surface area contributed by atoms with E-state index in [1.165, 1.54) is 23.9 Å². The lowest BCUT2D eigenvalue weighted by Crippen LogP contribution is -2.29. The van der Waals surface area contributed by atoms with E-state index >= 15 is 0 Å². The fourth-order valence-corrected chi connectivity index (χ4v) is 3.82. The minimum atomic E-state index is -0.502. The summed E-state index contributed by atoms with van der Waals surface area (Å²) >= 11 is 1.33. The van der Waals surface area contributed by atoms with Crippen LogP contribution >= 0.6 is 11.8 Å². The van der Waals surface area contributed by atoms with Crippen LogP contribution in [-0.2, 0) is 4.79 Å². The molecule has 1 aliphatic rings. The van der Waals surface area contributed by atoms with Crippen LogP contribution in [0.2, 0.25) is 0 Å². The number of ether oxygens (including phenoxy) is 1. The molecule has 4 rings (SSSR count). The van der Waals surface area contributed by atoms with Crippen molar-refractivity contribution in [3.63, 3.8) is 0 Å². The summed E-state index contributed by atoms with van der Waals surface area (Å²) in [7, 11) is 0. The molecule has 0 spiro atoms. The van der Waals surface area contributed by atoms with E-state index in [0.717, 1.165) is 35.2 Å². The molecule has 27 heavy (non-hydrogen) atoms. The Labute approximate surface area is 160 Å². The molecular weight excluding hydrogens is 365 g/mol. The molecule has 1 aliphatic carbocycles. The number of halogens is 1. The highest BCUT2D eigenvalue weighted by Gasteiger charge is 2.29. The first-order valence-electron chi connectivity index (χ1n) is 8.97. The Morgan fingerprint density at radius 1 is 1.33 bits per heavy atom. The summed E-state index contributed by atoms with van der Waals surface area (Å²) in [6.45, 7) is 2.53. The van der Waals surface area contributed by atoms with Gasteiger partial charge in [-0.05, 0) is 49.6 Å². The first-order chi connectivity index (χ1) is 13.1. The molecule has 1 unspecified atom stereocenters. The number of fused-ring (bicyclic) bond motifs is 1. The standard InChI is InChI=1S/C20H20FN3O2S/c1-2-26-15-9-10-16-17(11-15)24-20(23-16)27-18(19(25)22-14-7-8-14)12-3-5-13(21)6-4-12/h3-6,9-11,14,18H,2,7-8H2,1H3,(H,22,25)(H,23,24). The molecule has 1 heterocycles. The maximum absolute atomic E-state index is 13.3. The maximum atomic E-state index is 13.3. The van der Waals surface area contributed by atoms with Crippen LogP contribution in [0.1, 0.15) is 30.6 Å². The highest BCUT2D eigenvalue weighted by molar-refractivity contribution is 8.00. The Morgan fingerprint density at radius 3 is 2.81 bits per heavy atom. The number of carbonyl (C=O) groups excluding carboxylic acids is 1. The third kappa shape index (κ3) is 4.24. The smallest absolute Gasteiger partial charge is 0.238 e. The molecule has 1 fully saturated rings. The number of thioether (sulfide) groups is 1. The third-order valence-electron chi connectivity index (χ3n) is 4.31. The molecule has 140 valence electrons. The molecule has 0 saturated heterocycles. The van der Waals surface area contributed by atoms with Gasteiger partial charge in [-0.1, -0.05) is 23.9 Å². The van der Waals surface area contributed by atoms with Gasteiger partial charge in [-0.25, -0.2) is 9.37 Å². The quantitative estimate of drug-likeness (QED) is 0.598. The number of nitrogens with one attached hydrogen (secondary N) is 2. The number of hydrogen-bond acceptors (Lipinski definition) is 4. The number of nitrogens with zero attached hydrogens (tertiary/aromatic N) is 1. The number of imidazole rings is 1. The van der Waals surface area contributed by atoms with Gasteiger partial charge >= 0.3 is 0 Å². The summed E-state index contributed by atoms with van der Waals surface area (Å²) in [5.41, 5.74) is 2.40. The lowest BCUT2D eigenvalue weighted by molar-refractivity contribution is -0.120. The van der Waals surface area contributed by atoms with Crippen molar-refractivity contribution >= 4 is 28.7 Å². The lowest BCUT2D eigenvalue weighted by Gasteiger charge is -2.15. The van der Waals surface area contributed by atoms with E-state index in [9.17, 15) is 9.18 Å². The minimum Gasteiger partial charge on any atom is -0.494 e. The van der Waals surface area contributed by atoms with Crippen LogP contribution in [0.15, 0.2) is 47.6 Å². The fraction of sp³-hybridized carbons (Fsp3) is 0.300. The summed E-state index contributed by atoms with van der Waals surface area (Å²) in [6.07, 6.45) is 2.02. The Bertz CT molecular complexity index is 954. The Hall–Kier alpha value is -2.54. The fourth-order valence-electron chi connectivity index (χ4n) is 2.80. The second kappa shape index (κ2) is 7.60. The van der Waals surface area contributed by atoms with Crippen LogP contribution in [0.3, 0.4) is 0 Å². The third-order valence-corrected chi connectivity index (χ3v) is 5.45. The average Bonchev–Trinajstić information content (AvgIpc) is 3.37. The first-order valence-corrected chi connectivity index (χ1v) is 9.85. The predicted octanol–water partition coefficient (Wildman–Crippen LogP) is 4.21. The Balaban J connectivity index is 1.60. The molecule has 7 heteroatoms. The molecule has 3 aromatic rings. The number of H-pyrrole nitrogens is 1. The zero-order chi connectivity index (χ0) is 18.8. The molecule has 1 aromatic heterocycles. The van der Waals surface area contributed by atoms with Gasteiger partial charge in [-0.3, -0.25) is 4.79 Å². The number of rotatable bonds is 7. The van der Waals surface area contributed by atoms with Crippen LogP contribution in [0.25, 0.3) is 11.0 Å². The van der Waals surface area contributed by atoms with Gasteiger partial charge in [0.2, 0.25) is 5.91 Å². The molecular formula is C20H20FN3O2S. The van der Waals surface area contributed by atoms with Crippen molar-refractivity contribution in [3.05, 3.63) is 53.8 Å². The van der Waals surface area contributed by atoms with Gasteiger partial charge in [0.15, 0.2) is 5.16 Å². The molecule has 0 radical (unpaired) electrons. The van der Waals surface area contributed by atoms with E-state index in [-0.39, 0.29) is 17.8 Å². The highest BCUT2D eigenvalue weighted by atomic mass is 32.2. The number of benzene rings is 2. The van der Waals surface area contributed by atoms with Gasteiger partial charge in [0.1, 0.15) is 16.8 Å². The SMILES string of the molecule is CCOc1ccc2nc(SC(C(=O)NC3CC3)c3ccc(F)cc3)[nH]c2c1. The number of aromatic nitrogens is 2. The van der Waals surface area contributed by atoms with Gasteiger partial charge in [0.25, 0.3) is 0 Å². The highest BCUT2D eigenvalue weighted by Crippen LogP contribution is 2.36. The second-order valence-electron chi connectivity index (χ2n) is 6.49. The van der Waals surface area contributed by atoms with Crippen molar-refractivity contribution in [2.45, 2.75) is 36.2 Å². The van der Waals surface area contributed by atoms with Crippen LogP contribution < -0.4 is 10.1 Å². The van der Waals surface area contributed by atoms with Crippen molar-refractivity contribution in [3.8, 4) is 5.75 Å². The van der Waals surface area contributed by atoms with Crippen LogP contribution in [0, 0.1) is 5.82 Å². The first kappa shape index (κ1) is 17.9. The largest absolute Gasteiger partial charge is 0.494 e. The molecule has 0 bridgehead atoms. The summed E-state index contributed by atoms with van der Waals surface area (Å²) in [4.78, 5) is 20.6.